The summed E-state index contributed by atoms with van der Waals surface area (Å²) in [6, 6.07) is 0. The molecule has 0 aromatic heterocycles. The van der Waals surface area contributed by atoms with E-state index in [-0.39, 0.29) is 10.8 Å². The maximum atomic E-state index is 2.57. The summed E-state index contributed by atoms with van der Waals surface area (Å²) in [4.78, 5) is 4.90. The van der Waals surface area contributed by atoms with Gasteiger partial charge in [-0.25, -0.2) is 0 Å². The fourth-order valence-corrected chi connectivity index (χ4v) is 6.05. The molecule has 0 aromatic rings. The third-order valence-corrected chi connectivity index (χ3v) is 7.29. The molecule has 4 aliphatic heterocycles. The number of rotatable bonds is 3. The van der Waals surface area contributed by atoms with E-state index in [1.165, 1.54) is 30.7 Å². The van der Waals surface area contributed by atoms with Gasteiger partial charge in [-0.3, -0.25) is 10.0 Å². The maximum absolute atomic E-state index is 2.57. The van der Waals surface area contributed by atoms with Crippen LogP contribution < -0.4 is 0 Å². The fourth-order valence-electron chi connectivity index (χ4n) is 6.05. The smallest absolute Gasteiger partial charge is 0.127 e. The second kappa shape index (κ2) is 4.49. The van der Waals surface area contributed by atoms with Crippen molar-refractivity contribution >= 4 is 0 Å². The summed E-state index contributed by atoms with van der Waals surface area (Å²) >= 11 is 0. The zero-order valence-corrected chi connectivity index (χ0v) is 15.4. The Morgan fingerprint density at radius 2 is 1.30 bits per heavy atom. The van der Waals surface area contributed by atoms with Crippen LogP contribution in [-0.2, 0) is 0 Å². The van der Waals surface area contributed by atoms with Crippen LogP contribution in [-0.4, -0.2) is 46.2 Å². The number of hydrazine groups is 1. The molecule has 23 heavy (non-hydrogen) atoms. The molecule has 1 fully saturated rings. The van der Waals surface area contributed by atoms with E-state index >= 15 is 0 Å². The van der Waals surface area contributed by atoms with Gasteiger partial charge in [-0.15, -0.1) is 0 Å². The molecular formula is C19H30N4. The highest BCUT2D eigenvalue weighted by Gasteiger charge is 2.66. The predicted octanol–water partition coefficient (Wildman–Crippen LogP) is 3.54. The molecule has 4 heterocycles. The minimum Gasteiger partial charge on any atom is -0.357 e. The van der Waals surface area contributed by atoms with Crippen LogP contribution in [0.2, 0.25) is 0 Å². The van der Waals surface area contributed by atoms with Crippen molar-refractivity contribution in [2.24, 2.45) is 10.8 Å². The summed E-state index contributed by atoms with van der Waals surface area (Å²) in [5.74, 6) is 0. The van der Waals surface area contributed by atoms with Gasteiger partial charge in [0.1, 0.15) is 12.3 Å². The van der Waals surface area contributed by atoms with E-state index < -0.39 is 0 Å². The van der Waals surface area contributed by atoms with Gasteiger partial charge in [-0.2, -0.15) is 0 Å². The molecule has 0 saturated carbocycles. The van der Waals surface area contributed by atoms with Gasteiger partial charge in [0.25, 0.3) is 0 Å². The van der Waals surface area contributed by atoms with E-state index in [0.29, 0.717) is 12.3 Å². The largest absolute Gasteiger partial charge is 0.357 e. The lowest BCUT2D eigenvalue weighted by Gasteiger charge is -2.67. The topological polar surface area (TPSA) is 13.0 Å². The van der Waals surface area contributed by atoms with Gasteiger partial charge in [-0.1, -0.05) is 27.7 Å². The van der Waals surface area contributed by atoms with Crippen molar-refractivity contribution in [1.82, 2.24) is 19.8 Å². The van der Waals surface area contributed by atoms with E-state index in [9.17, 15) is 0 Å². The van der Waals surface area contributed by atoms with Crippen molar-refractivity contribution in [3.05, 3.63) is 35.9 Å². The van der Waals surface area contributed by atoms with Gasteiger partial charge in [0.15, 0.2) is 0 Å². The molecule has 0 spiro atoms. The normalized spacial score (nSPS) is 36.4. The van der Waals surface area contributed by atoms with Gasteiger partial charge >= 0.3 is 0 Å². The molecule has 0 radical (unpaired) electrons. The van der Waals surface area contributed by atoms with E-state index in [2.05, 4.69) is 86.2 Å². The number of hydrogen-bond acceptors (Lipinski definition) is 4. The van der Waals surface area contributed by atoms with Crippen LogP contribution in [0.1, 0.15) is 47.0 Å². The lowest BCUT2D eigenvalue weighted by Crippen LogP contribution is -2.74. The number of allylic oxidation sites excluding steroid dienone is 2. The second-order valence-corrected chi connectivity index (χ2v) is 7.84. The highest BCUT2D eigenvalue weighted by Crippen LogP contribution is 2.63. The minimum atomic E-state index is 0.230. The van der Waals surface area contributed by atoms with Crippen LogP contribution in [0, 0.1) is 10.8 Å². The summed E-state index contributed by atoms with van der Waals surface area (Å²) in [7, 11) is 4.50. The van der Waals surface area contributed by atoms with Gasteiger partial charge in [0.2, 0.25) is 0 Å². The number of hydrogen-bond donors (Lipinski definition) is 0. The zero-order chi connectivity index (χ0) is 16.6. The molecule has 3 unspecified atom stereocenters. The van der Waals surface area contributed by atoms with Crippen molar-refractivity contribution in [2.45, 2.75) is 59.3 Å². The van der Waals surface area contributed by atoms with Crippen molar-refractivity contribution in [3.8, 4) is 0 Å². The fraction of sp³-hybridized carbons (Fsp3) is 0.684. The Balaban J connectivity index is 1.97. The van der Waals surface area contributed by atoms with E-state index in [4.69, 9.17) is 0 Å². The summed E-state index contributed by atoms with van der Waals surface area (Å²) in [5, 5.41) is 5.14. The van der Waals surface area contributed by atoms with Gasteiger partial charge in [-0.05, 0) is 31.4 Å². The van der Waals surface area contributed by atoms with Gasteiger partial charge in [0, 0.05) is 37.3 Å². The maximum Gasteiger partial charge on any atom is 0.127 e. The quantitative estimate of drug-likeness (QED) is 0.790. The van der Waals surface area contributed by atoms with Crippen LogP contribution in [0.25, 0.3) is 0 Å². The monoisotopic (exact) mass is 314 g/mol. The van der Waals surface area contributed by atoms with Crippen molar-refractivity contribution in [1.29, 1.82) is 0 Å². The van der Waals surface area contributed by atoms with E-state index in [0.717, 1.165) is 0 Å². The first-order chi connectivity index (χ1) is 10.9. The van der Waals surface area contributed by atoms with Crippen LogP contribution in [0.3, 0.4) is 0 Å². The third kappa shape index (κ3) is 1.44. The Kier molecular flexibility index (Phi) is 2.92. The van der Waals surface area contributed by atoms with Crippen LogP contribution in [0.4, 0.5) is 0 Å². The minimum absolute atomic E-state index is 0.230. The Hall–Kier alpha value is -1.58. The molecular weight excluding hydrogens is 284 g/mol. The molecule has 4 nitrogen and oxygen atoms in total. The molecule has 0 aromatic carbocycles. The van der Waals surface area contributed by atoms with Crippen LogP contribution in [0.15, 0.2) is 35.9 Å². The standard InChI is InChI=1S/C19H30N4/c1-7-18(4)16-20(5)12-14-10-11-15-13-21(6)17(23(15)22(14)16)19(18,8-2)9-3/h10-13,16-17H,7-9H2,1-6H3. The molecule has 4 rings (SSSR count). The zero-order valence-electron chi connectivity index (χ0n) is 15.4. The molecule has 1 saturated heterocycles. The Bertz CT molecular complexity index is 615. The van der Waals surface area contributed by atoms with Crippen LogP contribution >= 0.6 is 0 Å². The SMILES string of the molecule is CCC1(C)C2N(C)C=C3C=CC4=CN(C)C(N4N32)C1(CC)CC. The molecule has 0 bridgehead atoms. The molecule has 4 heteroatoms. The lowest BCUT2D eigenvalue weighted by atomic mass is 9.55. The molecule has 0 N–H and O–H groups in total. The molecule has 0 amide bonds. The average molecular weight is 314 g/mol. The second-order valence-electron chi connectivity index (χ2n) is 7.84. The molecule has 4 aliphatic rings. The average Bonchev–Trinajstić information content (AvgIpc) is 3.05. The molecule has 0 aliphatic carbocycles. The molecule has 3 atom stereocenters. The van der Waals surface area contributed by atoms with Crippen molar-refractivity contribution < 1.29 is 0 Å². The Labute approximate surface area is 140 Å². The lowest BCUT2D eigenvalue weighted by molar-refractivity contribution is -0.252. The third-order valence-electron chi connectivity index (χ3n) is 7.29. The highest BCUT2D eigenvalue weighted by atomic mass is 15.8. The summed E-state index contributed by atoms with van der Waals surface area (Å²) in [6.45, 7) is 9.69. The predicted molar refractivity (Wildman–Crippen MR) is 93.5 cm³/mol. The van der Waals surface area contributed by atoms with Crippen molar-refractivity contribution in [2.75, 3.05) is 14.1 Å². The number of nitrogens with zero attached hydrogens (tertiary/aromatic N) is 4. The first kappa shape index (κ1) is 15.0. The Morgan fingerprint density at radius 3 is 1.78 bits per heavy atom. The van der Waals surface area contributed by atoms with E-state index in [1.807, 2.05) is 0 Å². The van der Waals surface area contributed by atoms with Crippen LogP contribution in [0.5, 0.6) is 0 Å². The van der Waals surface area contributed by atoms with E-state index in [1.54, 1.807) is 0 Å². The highest BCUT2D eigenvalue weighted by molar-refractivity contribution is 5.39. The Morgan fingerprint density at radius 1 is 0.826 bits per heavy atom. The summed E-state index contributed by atoms with van der Waals surface area (Å²) in [5.41, 5.74) is 3.15. The first-order valence-corrected chi connectivity index (χ1v) is 9.09. The summed E-state index contributed by atoms with van der Waals surface area (Å²) in [6.07, 6.45) is 13.6. The van der Waals surface area contributed by atoms with Gasteiger partial charge in [0.05, 0.1) is 11.4 Å². The first-order valence-electron chi connectivity index (χ1n) is 9.09. The summed E-state index contributed by atoms with van der Waals surface area (Å²) < 4.78 is 0. The van der Waals surface area contributed by atoms with Crippen molar-refractivity contribution in [3.63, 3.8) is 0 Å². The molecule has 126 valence electrons. The van der Waals surface area contributed by atoms with Gasteiger partial charge < -0.3 is 9.80 Å².